The Morgan fingerprint density at radius 3 is 2.60 bits per heavy atom. The lowest BCUT2D eigenvalue weighted by Gasteiger charge is -2.39. The molecule has 0 bridgehead atoms. The Morgan fingerprint density at radius 1 is 1.26 bits per heavy atom. The second-order valence-electron chi connectivity index (χ2n) is 9.60. The molecule has 1 N–H and O–H groups in total. The number of hydrogen-bond donors (Lipinski definition) is 1. The van der Waals surface area contributed by atoms with Gasteiger partial charge >= 0.3 is 6.18 Å². The summed E-state index contributed by atoms with van der Waals surface area (Å²) < 4.78 is 47.8. The van der Waals surface area contributed by atoms with Crippen LogP contribution in [0.25, 0.3) is 0 Å². The highest BCUT2D eigenvalue weighted by atomic mass is 79.9. The van der Waals surface area contributed by atoms with E-state index in [0.717, 1.165) is 43.3 Å². The highest BCUT2D eigenvalue weighted by Crippen LogP contribution is 2.37. The van der Waals surface area contributed by atoms with E-state index in [1.165, 1.54) is 0 Å². The molecule has 35 heavy (non-hydrogen) atoms. The minimum atomic E-state index is -4.74. The van der Waals surface area contributed by atoms with Crippen LogP contribution in [0.5, 0.6) is 5.88 Å². The van der Waals surface area contributed by atoms with Crippen LogP contribution in [0.15, 0.2) is 34.9 Å². The van der Waals surface area contributed by atoms with Gasteiger partial charge in [-0.1, -0.05) is 15.9 Å². The van der Waals surface area contributed by atoms with Crippen molar-refractivity contribution in [3.8, 4) is 5.88 Å². The zero-order valence-electron chi connectivity index (χ0n) is 20.6. The van der Waals surface area contributed by atoms with Crippen LogP contribution in [0.1, 0.15) is 22.8 Å². The lowest BCUT2D eigenvalue weighted by molar-refractivity contribution is -0.138. The minimum absolute atomic E-state index is 0.146. The maximum atomic E-state index is 13.9. The van der Waals surface area contributed by atoms with Crippen molar-refractivity contribution in [3.63, 3.8) is 0 Å². The Labute approximate surface area is 214 Å². The number of likely N-dealkylation sites (N-methyl/N-ethyl adjacent to an activating group) is 1. The first-order valence-corrected chi connectivity index (χ1v) is 15.0. The van der Waals surface area contributed by atoms with E-state index in [1.54, 1.807) is 6.07 Å². The van der Waals surface area contributed by atoms with Gasteiger partial charge in [0.1, 0.15) is 0 Å². The average molecular weight is 578 g/mol. The number of nitrogens with zero attached hydrogens (tertiary/aromatic N) is 3. The summed E-state index contributed by atoms with van der Waals surface area (Å²) in [7, 11) is 1.19. The van der Waals surface area contributed by atoms with Gasteiger partial charge in [0.15, 0.2) is 0 Å². The van der Waals surface area contributed by atoms with E-state index in [1.807, 2.05) is 12.1 Å². The average Bonchev–Trinajstić information content (AvgIpc) is 2.74. The molecular formula is C24H32BrF3N4O2S. The van der Waals surface area contributed by atoms with Crippen molar-refractivity contribution in [1.82, 2.24) is 9.88 Å². The molecule has 1 aromatic heterocycles. The molecule has 0 spiro atoms. The van der Waals surface area contributed by atoms with E-state index >= 15 is 0 Å². The van der Waals surface area contributed by atoms with Gasteiger partial charge in [-0.3, -0.25) is 4.79 Å². The van der Waals surface area contributed by atoms with Crippen molar-refractivity contribution in [1.29, 1.82) is 0 Å². The zero-order valence-corrected chi connectivity index (χ0v) is 23.0. The standard InChI is InChI=1S/C24H32BrF3N4O2S/c1-16-15-32(9-8-31(16)2)21-7-6-17(25)12-20(21)30-23(33)18-14-29-22(13-19(18)24(26,27)28)34-10-11-35(3,4)5/h6-7,12-14,16H,8-11,15H2,1-5H3,(H,30,33)/t16-/m0/s1. The number of carbonyl (C=O) groups is 1. The fourth-order valence-corrected chi connectivity index (χ4v) is 4.61. The van der Waals surface area contributed by atoms with Crippen LogP contribution in [-0.2, 0) is 6.18 Å². The van der Waals surface area contributed by atoms with Crippen molar-refractivity contribution in [2.45, 2.75) is 19.1 Å². The van der Waals surface area contributed by atoms with E-state index < -0.39 is 33.2 Å². The Balaban J connectivity index is 1.86. The van der Waals surface area contributed by atoms with Gasteiger partial charge in [0.05, 0.1) is 29.1 Å². The number of rotatable bonds is 7. The first-order valence-electron chi connectivity index (χ1n) is 11.2. The summed E-state index contributed by atoms with van der Waals surface area (Å²) in [6, 6.07) is 6.50. The summed E-state index contributed by atoms with van der Waals surface area (Å²) in [5.41, 5.74) is -0.438. The van der Waals surface area contributed by atoms with Crippen LogP contribution < -0.4 is 15.0 Å². The van der Waals surface area contributed by atoms with Crippen molar-refractivity contribution in [3.05, 3.63) is 46.1 Å². The van der Waals surface area contributed by atoms with E-state index in [-0.39, 0.29) is 12.5 Å². The molecule has 0 saturated carbocycles. The number of carbonyl (C=O) groups excluding carboxylic acids is 1. The first-order chi connectivity index (χ1) is 16.2. The summed E-state index contributed by atoms with van der Waals surface area (Å²) in [6.07, 6.45) is 2.48. The van der Waals surface area contributed by atoms with Gasteiger partial charge in [0, 0.05) is 48.2 Å². The lowest BCUT2D eigenvalue weighted by Crippen LogP contribution is -2.50. The molecule has 1 aromatic carbocycles. The second-order valence-corrected chi connectivity index (χ2v) is 15.1. The number of alkyl halides is 3. The van der Waals surface area contributed by atoms with E-state index in [0.29, 0.717) is 16.2 Å². The lowest BCUT2D eigenvalue weighted by atomic mass is 10.1. The minimum Gasteiger partial charge on any atom is -0.477 e. The predicted octanol–water partition coefficient (Wildman–Crippen LogP) is 5.33. The van der Waals surface area contributed by atoms with Crippen LogP contribution in [0.4, 0.5) is 24.5 Å². The smallest absolute Gasteiger partial charge is 0.417 e. The van der Waals surface area contributed by atoms with Gasteiger partial charge in [-0.25, -0.2) is 15.0 Å². The van der Waals surface area contributed by atoms with Crippen molar-refractivity contribution < 1.29 is 22.7 Å². The Morgan fingerprint density at radius 2 is 1.97 bits per heavy atom. The van der Waals surface area contributed by atoms with Crippen LogP contribution in [-0.4, -0.2) is 79.6 Å². The zero-order chi connectivity index (χ0) is 26.0. The van der Waals surface area contributed by atoms with Gasteiger partial charge in [0.2, 0.25) is 5.88 Å². The van der Waals surface area contributed by atoms with Crippen molar-refractivity contribution in [2.24, 2.45) is 0 Å². The molecule has 1 aliphatic heterocycles. The third-order valence-electron chi connectivity index (χ3n) is 5.88. The number of hydrogen-bond acceptors (Lipinski definition) is 5. The normalized spacial score (nSPS) is 17.9. The molecule has 2 aromatic rings. The third kappa shape index (κ3) is 7.50. The number of benzene rings is 1. The monoisotopic (exact) mass is 576 g/mol. The maximum absolute atomic E-state index is 13.9. The second kappa shape index (κ2) is 11.0. The number of piperazine rings is 1. The van der Waals surface area contributed by atoms with Crippen molar-refractivity contribution >= 4 is 43.2 Å². The van der Waals surface area contributed by atoms with Gasteiger partial charge < -0.3 is 19.9 Å². The molecule has 1 atom stereocenters. The number of halogens is 4. The number of pyridine rings is 1. The van der Waals surface area contributed by atoms with Gasteiger partial charge in [-0.2, -0.15) is 13.2 Å². The van der Waals surface area contributed by atoms with Crippen LogP contribution >= 0.6 is 26.0 Å². The topological polar surface area (TPSA) is 57.7 Å². The maximum Gasteiger partial charge on any atom is 0.417 e. The molecule has 1 saturated heterocycles. The third-order valence-corrected chi connectivity index (χ3v) is 7.77. The first kappa shape index (κ1) is 27.6. The van der Waals surface area contributed by atoms with E-state index in [2.05, 4.69) is 68.8 Å². The molecule has 6 nitrogen and oxygen atoms in total. The molecule has 1 amide bonds. The highest BCUT2D eigenvalue weighted by molar-refractivity contribution is 9.10. The molecule has 0 unspecified atom stereocenters. The number of nitrogens with one attached hydrogen (secondary N) is 1. The number of ether oxygens (including phenoxy) is 1. The number of amides is 1. The van der Waals surface area contributed by atoms with E-state index in [9.17, 15) is 18.0 Å². The Hall–Kier alpha value is -1.98. The van der Waals surface area contributed by atoms with Gasteiger partial charge in [0.25, 0.3) is 5.91 Å². The quantitative estimate of drug-likeness (QED) is 0.483. The molecule has 1 aliphatic rings. The fourth-order valence-electron chi connectivity index (χ4n) is 3.67. The number of aromatic nitrogens is 1. The van der Waals surface area contributed by atoms with Crippen LogP contribution in [0.2, 0.25) is 0 Å². The molecule has 11 heteroatoms. The molecule has 1 fully saturated rings. The van der Waals surface area contributed by atoms with E-state index in [4.69, 9.17) is 4.74 Å². The Bertz CT molecular complexity index is 1060. The van der Waals surface area contributed by atoms with Crippen LogP contribution in [0, 0.1) is 0 Å². The molecular weight excluding hydrogens is 545 g/mol. The summed E-state index contributed by atoms with van der Waals surface area (Å²) in [5, 5.41) is 2.68. The summed E-state index contributed by atoms with van der Waals surface area (Å²) >= 11 is 3.40. The number of anilines is 2. The summed E-state index contributed by atoms with van der Waals surface area (Å²) in [5.74, 6) is -0.293. The van der Waals surface area contributed by atoms with Gasteiger partial charge in [-0.05, 0) is 50.9 Å². The Kier molecular flexibility index (Phi) is 8.64. The fraction of sp³-hybridized carbons (Fsp3) is 0.500. The van der Waals surface area contributed by atoms with Crippen LogP contribution in [0.3, 0.4) is 0 Å². The predicted molar refractivity (Wildman–Crippen MR) is 141 cm³/mol. The summed E-state index contributed by atoms with van der Waals surface area (Å²) in [6.45, 7) is 4.68. The molecule has 0 aliphatic carbocycles. The van der Waals surface area contributed by atoms with Gasteiger partial charge in [-0.15, -0.1) is 0 Å². The summed E-state index contributed by atoms with van der Waals surface area (Å²) in [4.78, 5) is 21.4. The molecule has 0 radical (unpaired) electrons. The molecule has 3 rings (SSSR count). The largest absolute Gasteiger partial charge is 0.477 e. The SMILES string of the molecule is C[C@H]1CN(c2ccc(Br)cc2NC(=O)c2cnc(OCCS(C)(C)C)cc2C(F)(F)F)CCN1C. The molecule has 2 heterocycles. The highest BCUT2D eigenvalue weighted by Gasteiger charge is 2.36. The van der Waals surface area contributed by atoms with Crippen molar-refractivity contribution in [2.75, 3.05) is 68.0 Å². The molecule has 194 valence electrons.